The van der Waals surface area contributed by atoms with Crippen LogP contribution in [-0.2, 0) is 6.54 Å². The van der Waals surface area contributed by atoms with Crippen molar-refractivity contribution in [1.29, 1.82) is 0 Å². The van der Waals surface area contributed by atoms with Crippen LogP contribution in [0.5, 0.6) is 5.75 Å². The molecule has 124 valence electrons. The number of benzene rings is 2. The first-order valence-corrected chi connectivity index (χ1v) is 8.03. The second-order valence-electron chi connectivity index (χ2n) is 6.05. The first-order valence-electron chi connectivity index (χ1n) is 8.03. The van der Waals surface area contributed by atoms with Gasteiger partial charge in [-0.2, -0.15) is 0 Å². The third kappa shape index (κ3) is 3.19. The molecule has 2 aromatic carbocycles. The maximum Gasteiger partial charge on any atom is 0.181 e. The van der Waals surface area contributed by atoms with Crippen molar-refractivity contribution in [2.45, 2.75) is 19.5 Å². The van der Waals surface area contributed by atoms with Gasteiger partial charge >= 0.3 is 0 Å². The molecule has 1 N–H and O–H groups in total. The number of nitrogens with one attached hydrogen (secondary N) is 1. The number of Topliss-reactive ketones (excluding diaryl/α,β-unsaturated/α-hetero) is 1. The predicted octanol–water partition coefficient (Wildman–Crippen LogP) is 3.88. The Morgan fingerprint density at radius 1 is 1.21 bits per heavy atom. The number of likely N-dealkylation sites (N-methyl/N-ethyl adjacent to an activating group) is 1. The average molecular weight is 322 g/mol. The summed E-state index contributed by atoms with van der Waals surface area (Å²) in [5, 5.41) is 0.976. The summed E-state index contributed by atoms with van der Waals surface area (Å²) in [7, 11) is 3.63. The lowest BCUT2D eigenvalue weighted by atomic mass is 10.0. The monoisotopic (exact) mass is 322 g/mol. The van der Waals surface area contributed by atoms with Crippen molar-refractivity contribution >= 4 is 16.7 Å². The van der Waals surface area contributed by atoms with Crippen molar-refractivity contribution in [3.63, 3.8) is 0 Å². The molecule has 0 saturated carbocycles. The molecule has 0 aliphatic heterocycles. The van der Waals surface area contributed by atoms with Crippen molar-refractivity contribution in [3.8, 4) is 5.75 Å². The quantitative estimate of drug-likeness (QED) is 0.701. The number of ether oxygens (including phenoxy) is 1. The van der Waals surface area contributed by atoms with E-state index in [9.17, 15) is 4.79 Å². The van der Waals surface area contributed by atoms with E-state index in [-0.39, 0.29) is 11.8 Å². The molecule has 4 heteroatoms. The van der Waals surface area contributed by atoms with Crippen molar-refractivity contribution in [2.75, 3.05) is 14.2 Å². The second kappa shape index (κ2) is 6.89. The zero-order valence-corrected chi connectivity index (χ0v) is 14.2. The van der Waals surface area contributed by atoms with E-state index in [1.165, 1.54) is 0 Å². The van der Waals surface area contributed by atoms with Gasteiger partial charge in [-0.3, -0.25) is 9.69 Å². The molecule has 0 unspecified atom stereocenters. The van der Waals surface area contributed by atoms with E-state index < -0.39 is 0 Å². The SMILES string of the molecule is COc1cccc(CN(C)[C@H](C)C(=O)c2c[nH]c3ccccc23)c1. The highest BCUT2D eigenvalue weighted by atomic mass is 16.5. The lowest BCUT2D eigenvalue weighted by Crippen LogP contribution is -2.35. The molecular formula is C20H22N2O2. The summed E-state index contributed by atoms with van der Waals surface area (Å²) in [5.41, 5.74) is 2.86. The minimum Gasteiger partial charge on any atom is -0.497 e. The third-order valence-corrected chi connectivity index (χ3v) is 4.46. The molecule has 0 amide bonds. The summed E-state index contributed by atoms with van der Waals surface area (Å²) in [5.74, 6) is 0.953. The fraction of sp³-hybridized carbons (Fsp3) is 0.250. The number of methoxy groups -OCH3 is 1. The molecule has 1 atom stereocenters. The molecule has 0 saturated heterocycles. The highest BCUT2D eigenvalue weighted by Crippen LogP contribution is 2.21. The van der Waals surface area contributed by atoms with Crippen LogP contribution in [0.15, 0.2) is 54.7 Å². The van der Waals surface area contributed by atoms with Crippen LogP contribution in [0.1, 0.15) is 22.8 Å². The number of ketones is 1. The number of carbonyl (C=O) groups is 1. The normalized spacial score (nSPS) is 12.5. The lowest BCUT2D eigenvalue weighted by Gasteiger charge is -2.23. The minimum absolute atomic E-state index is 0.123. The van der Waals surface area contributed by atoms with Crippen LogP contribution in [-0.4, -0.2) is 35.9 Å². The number of para-hydroxylation sites is 1. The molecule has 3 aromatic rings. The Kier molecular flexibility index (Phi) is 4.67. The number of carbonyl (C=O) groups excluding carboxylic acids is 1. The standard InChI is InChI=1S/C20H22N2O2/c1-14(22(2)13-15-7-6-8-16(11-15)24-3)20(23)18-12-21-19-10-5-4-9-17(18)19/h4-12,14,21H,13H2,1-3H3/t14-/m1/s1. The van der Waals surface area contributed by atoms with E-state index in [0.29, 0.717) is 6.54 Å². The molecule has 4 nitrogen and oxygen atoms in total. The van der Waals surface area contributed by atoms with Gasteiger partial charge in [-0.15, -0.1) is 0 Å². The zero-order chi connectivity index (χ0) is 17.1. The van der Waals surface area contributed by atoms with E-state index in [1.807, 2.05) is 68.7 Å². The molecule has 0 spiro atoms. The predicted molar refractivity (Wildman–Crippen MR) is 96.6 cm³/mol. The molecule has 0 radical (unpaired) electrons. The molecule has 0 bridgehead atoms. The summed E-state index contributed by atoms with van der Waals surface area (Å²) in [6.45, 7) is 2.64. The lowest BCUT2D eigenvalue weighted by molar-refractivity contribution is 0.0864. The number of hydrogen-bond acceptors (Lipinski definition) is 3. The van der Waals surface area contributed by atoms with Crippen LogP contribution in [0.2, 0.25) is 0 Å². The van der Waals surface area contributed by atoms with Crippen LogP contribution in [0.25, 0.3) is 10.9 Å². The van der Waals surface area contributed by atoms with Crippen LogP contribution < -0.4 is 4.74 Å². The number of nitrogens with zero attached hydrogens (tertiary/aromatic N) is 1. The Morgan fingerprint density at radius 2 is 2.00 bits per heavy atom. The Labute approximate surface area is 142 Å². The molecule has 1 aromatic heterocycles. The van der Waals surface area contributed by atoms with Gasteiger partial charge in [-0.25, -0.2) is 0 Å². The fourth-order valence-corrected chi connectivity index (χ4v) is 2.90. The summed E-state index contributed by atoms with van der Waals surface area (Å²) in [6, 6.07) is 15.6. The highest BCUT2D eigenvalue weighted by Gasteiger charge is 2.22. The van der Waals surface area contributed by atoms with Gasteiger partial charge in [-0.1, -0.05) is 30.3 Å². The third-order valence-electron chi connectivity index (χ3n) is 4.46. The molecule has 24 heavy (non-hydrogen) atoms. The highest BCUT2D eigenvalue weighted by molar-refractivity contribution is 6.10. The second-order valence-corrected chi connectivity index (χ2v) is 6.05. The van der Waals surface area contributed by atoms with Crippen LogP contribution >= 0.6 is 0 Å². The van der Waals surface area contributed by atoms with Gasteiger partial charge in [0.25, 0.3) is 0 Å². The Balaban J connectivity index is 1.77. The van der Waals surface area contributed by atoms with Gasteiger partial charge < -0.3 is 9.72 Å². The summed E-state index contributed by atoms with van der Waals surface area (Å²) in [4.78, 5) is 18.1. The minimum atomic E-state index is -0.213. The maximum absolute atomic E-state index is 12.9. The number of aromatic nitrogens is 1. The van der Waals surface area contributed by atoms with Crippen molar-refractivity contribution in [2.24, 2.45) is 0 Å². The molecule has 3 rings (SSSR count). The van der Waals surface area contributed by atoms with Gasteiger partial charge in [-0.05, 0) is 37.7 Å². The van der Waals surface area contributed by atoms with Gasteiger partial charge in [0.15, 0.2) is 5.78 Å². The van der Waals surface area contributed by atoms with E-state index in [2.05, 4.69) is 9.88 Å². The van der Waals surface area contributed by atoms with E-state index >= 15 is 0 Å². The number of H-pyrrole nitrogens is 1. The van der Waals surface area contributed by atoms with Crippen molar-refractivity contribution in [1.82, 2.24) is 9.88 Å². The van der Waals surface area contributed by atoms with Crippen LogP contribution in [0.3, 0.4) is 0 Å². The van der Waals surface area contributed by atoms with Gasteiger partial charge in [0, 0.05) is 29.2 Å². The van der Waals surface area contributed by atoms with E-state index in [0.717, 1.165) is 27.8 Å². The van der Waals surface area contributed by atoms with E-state index in [1.54, 1.807) is 7.11 Å². The van der Waals surface area contributed by atoms with Crippen LogP contribution in [0.4, 0.5) is 0 Å². The van der Waals surface area contributed by atoms with E-state index in [4.69, 9.17) is 4.74 Å². The molecule has 0 aliphatic rings. The van der Waals surface area contributed by atoms with Crippen LogP contribution in [0, 0.1) is 0 Å². The van der Waals surface area contributed by atoms with Crippen molar-refractivity contribution in [3.05, 3.63) is 65.9 Å². The molecule has 0 aliphatic carbocycles. The molecular weight excluding hydrogens is 300 g/mol. The first kappa shape index (κ1) is 16.3. The molecule has 0 fully saturated rings. The van der Waals surface area contributed by atoms with Crippen molar-refractivity contribution < 1.29 is 9.53 Å². The summed E-state index contributed by atoms with van der Waals surface area (Å²) < 4.78 is 5.26. The number of aromatic amines is 1. The summed E-state index contributed by atoms with van der Waals surface area (Å²) >= 11 is 0. The van der Waals surface area contributed by atoms with Gasteiger partial charge in [0.2, 0.25) is 0 Å². The molecule has 1 heterocycles. The fourth-order valence-electron chi connectivity index (χ4n) is 2.90. The Morgan fingerprint density at radius 3 is 2.79 bits per heavy atom. The first-order chi connectivity index (χ1) is 11.6. The topological polar surface area (TPSA) is 45.3 Å². The zero-order valence-electron chi connectivity index (χ0n) is 14.2. The maximum atomic E-state index is 12.9. The Hall–Kier alpha value is -2.59. The number of hydrogen-bond donors (Lipinski definition) is 1. The number of rotatable bonds is 6. The number of fused-ring (bicyclic) bond motifs is 1. The smallest absolute Gasteiger partial charge is 0.181 e. The largest absolute Gasteiger partial charge is 0.497 e. The summed E-state index contributed by atoms with van der Waals surface area (Å²) in [6.07, 6.45) is 1.81. The van der Waals surface area contributed by atoms with Gasteiger partial charge in [0.05, 0.1) is 13.2 Å². The van der Waals surface area contributed by atoms with Gasteiger partial charge in [0.1, 0.15) is 5.75 Å². The average Bonchev–Trinajstić information content (AvgIpc) is 3.04. The Bertz CT molecular complexity index is 853.